The molecule has 1 unspecified atom stereocenters. The van der Waals surface area contributed by atoms with Gasteiger partial charge in [0.25, 0.3) is 0 Å². The molecule has 3 N–H and O–H groups in total. The van der Waals surface area contributed by atoms with Crippen molar-refractivity contribution in [3.05, 3.63) is 131 Å². The first-order valence-electron chi connectivity index (χ1n) is 12.2. The minimum Gasteiger partial charge on any atom is -0.423 e. The van der Waals surface area contributed by atoms with Crippen molar-refractivity contribution in [3.63, 3.8) is 0 Å². The van der Waals surface area contributed by atoms with Crippen molar-refractivity contribution in [2.24, 2.45) is 4.99 Å². The highest BCUT2D eigenvalue weighted by Crippen LogP contribution is 2.50. The van der Waals surface area contributed by atoms with Crippen LogP contribution in [0.15, 0.2) is 108 Å². The van der Waals surface area contributed by atoms with Crippen LogP contribution in [0.1, 0.15) is 41.7 Å². The predicted molar refractivity (Wildman–Crippen MR) is 147 cm³/mol. The number of hydrogen-bond acceptors (Lipinski definition) is 4. The lowest BCUT2D eigenvalue weighted by atomic mass is 9.77. The van der Waals surface area contributed by atoms with Crippen LogP contribution in [-0.4, -0.2) is 23.4 Å². The summed E-state index contributed by atoms with van der Waals surface area (Å²) >= 11 is 0. The summed E-state index contributed by atoms with van der Waals surface area (Å²) in [5.41, 5.74) is 8.56. The first-order chi connectivity index (χ1) is 17.4. The largest absolute Gasteiger partial charge is 0.488 e. The fourth-order valence-electron chi connectivity index (χ4n) is 5.56. The molecule has 4 nitrogen and oxygen atoms in total. The van der Waals surface area contributed by atoms with Crippen molar-refractivity contribution in [2.45, 2.75) is 24.9 Å². The molecule has 0 saturated heterocycles. The Morgan fingerprint density at radius 2 is 1.39 bits per heavy atom. The van der Waals surface area contributed by atoms with Crippen LogP contribution in [0.25, 0.3) is 16.8 Å². The molecule has 6 rings (SSSR count). The molecule has 0 spiro atoms. The molecule has 4 aromatic rings. The molecule has 1 aliphatic heterocycles. The molecule has 1 heterocycles. The number of nitrogens with zero attached hydrogens (tertiary/aromatic N) is 1. The number of hydrogen-bond donors (Lipinski definition) is 3. The third kappa shape index (κ3) is 3.43. The highest BCUT2D eigenvalue weighted by atomic mass is 16.4. The Morgan fingerprint density at radius 1 is 0.722 bits per heavy atom. The van der Waals surface area contributed by atoms with Crippen molar-refractivity contribution >= 4 is 24.5 Å². The molecule has 0 fully saturated rings. The van der Waals surface area contributed by atoms with E-state index in [0.717, 1.165) is 22.4 Å². The van der Waals surface area contributed by atoms with Gasteiger partial charge in [0.1, 0.15) is 0 Å². The maximum atomic E-state index is 9.65. The van der Waals surface area contributed by atoms with Gasteiger partial charge in [-0.2, -0.15) is 0 Å². The van der Waals surface area contributed by atoms with E-state index in [9.17, 15) is 10.0 Å². The first kappa shape index (κ1) is 22.5. The molecule has 1 atom stereocenters. The molecule has 36 heavy (non-hydrogen) atoms. The van der Waals surface area contributed by atoms with Crippen LogP contribution in [0.4, 0.5) is 0 Å². The van der Waals surface area contributed by atoms with Crippen molar-refractivity contribution in [1.29, 1.82) is 0 Å². The summed E-state index contributed by atoms with van der Waals surface area (Å²) in [7, 11) is -1.52. The third-order valence-corrected chi connectivity index (χ3v) is 7.54. The summed E-state index contributed by atoms with van der Waals surface area (Å²) in [4.78, 5) is 5.04. The highest BCUT2D eigenvalue weighted by Gasteiger charge is 2.40. The molecular formula is C31H27BN2O2. The second-order valence-electron chi connectivity index (χ2n) is 9.99. The van der Waals surface area contributed by atoms with Crippen LogP contribution in [0, 0.1) is 0 Å². The maximum absolute atomic E-state index is 9.65. The van der Waals surface area contributed by atoms with Crippen LogP contribution in [0.2, 0.25) is 0 Å². The van der Waals surface area contributed by atoms with E-state index >= 15 is 0 Å². The molecular weight excluding hydrogens is 443 g/mol. The maximum Gasteiger partial charge on any atom is 0.488 e. The van der Waals surface area contributed by atoms with Crippen LogP contribution in [0.5, 0.6) is 0 Å². The summed E-state index contributed by atoms with van der Waals surface area (Å²) in [5, 5.41) is 23.0. The van der Waals surface area contributed by atoms with Gasteiger partial charge in [-0.25, -0.2) is 0 Å². The van der Waals surface area contributed by atoms with Gasteiger partial charge in [-0.3, -0.25) is 4.99 Å². The minimum absolute atomic E-state index is 0.134. The van der Waals surface area contributed by atoms with E-state index in [0.29, 0.717) is 5.46 Å². The third-order valence-electron chi connectivity index (χ3n) is 7.54. The summed E-state index contributed by atoms with van der Waals surface area (Å²) in [6, 6.07) is 32.8. The quantitative estimate of drug-likeness (QED) is 0.383. The number of nitrogens with one attached hydrogen (secondary N) is 1. The zero-order valence-corrected chi connectivity index (χ0v) is 20.3. The van der Waals surface area contributed by atoms with Gasteiger partial charge < -0.3 is 15.4 Å². The van der Waals surface area contributed by atoms with Gasteiger partial charge in [-0.05, 0) is 45.4 Å². The van der Waals surface area contributed by atoms with Crippen LogP contribution in [0.3, 0.4) is 0 Å². The van der Waals surface area contributed by atoms with Gasteiger partial charge in [-0.15, -0.1) is 0 Å². The van der Waals surface area contributed by atoms with Crippen molar-refractivity contribution in [2.75, 3.05) is 0 Å². The Morgan fingerprint density at radius 3 is 2.14 bits per heavy atom. The number of rotatable bonds is 4. The minimum atomic E-state index is -1.52. The second kappa shape index (κ2) is 8.33. The molecule has 0 amide bonds. The van der Waals surface area contributed by atoms with Gasteiger partial charge in [0.15, 0.2) is 5.66 Å². The van der Waals surface area contributed by atoms with Crippen LogP contribution in [-0.2, 0) is 11.1 Å². The van der Waals surface area contributed by atoms with E-state index in [1.165, 1.54) is 22.3 Å². The number of fused-ring (bicyclic) bond motifs is 3. The van der Waals surface area contributed by atoms with Crippen molar-refractivity contribution in [1.82, 2.24) is 5.32 Å². The van der Waals surface area contributed by atoms with E-state index < -0.39 is 12.8 Å². The normalized spacial score (nSPS) is 19.2. The average molecular weight is 470 g/mol. The first-order valence-corrected chi connectivity index (χ1v) is 12.2. The fourth-order valence-corrected chi connectivity index (χ4v) is 5.56. The highest BCUT2D eigenvalue weighted by molar-refractivity contribution is 6.58. The zero-order chi connectivity index (χ0) is 24.9. The predicted octanol–water partition coefficient (Wildman–Crippen LogP) is 4.59. The van der Waals surface area contributed by atoms with Gasteiger partial charge in [0, 0.05) is 28.5 Å². The van der Waals surface area contributed by atoms with E-state index in [1.807, 2.05) is 42.6 Å². The average Bonchev–Trinajstić information content (AvgIpc) is 3.15. The topological polar surface area (TPSA) is 64.8 Å². The molecule has 0 radical (unpaired) electrons. The lowest BCUT2D eigenvalue weighted by molar-refractivity contribution is 0.425. The molecule has 4 aromatic carbocycles. The summed E-state index contributed by atoms with van der Waals surface area (Å²) < 4.78 is 0. The van der Waals surface area contributed by atoms with Crippen LogP contribution >= 0.6 is 0 Å². The van der Waals surface area contributed by atoms with Gasteiger partial charge >= 0.3 is 7.12 Å². The monoisotopic (exact) mass is 470 g/mol. The van der Waals surface area contributed by atoms with E-state index in [1.54, 1.807) is 12.1 Å². The molecule has 0 bridgehead atoms. The lowest BCUT2D eigenvalue weighted by Gasteiger charge is -2.37. The molecule has 2 aliphatic rings. The Balaban J connectivity index is 1.52. The second-order valence-corrected chi connectivity index (χ2v) is 9.99. The van der Waals surface area contributed by atoms with Crippen LogP contribution < -0.4 is 10.8 Å². The van der Waals surface area contributed by atoms with Gasteiger partial charge in [0.2, 0.25) is 0 Å². The standard InChI is InChI=1S/C31H27BN2O2/c1-30(2)27-11-7-6-10-25(27)26-17-14-23(20-28(26)30)31(22-12-15-24(16-13-22)32(35)36)33-19-18-29(34-31)21-8-4-3-5-9-21/h3-20,34-36H,1-2H3. The lowest BCUT2D eigenvalue weighted by Crippen LogP contribution is -2.43. The molecule has 176 valence electrons. The van der Waals surface area contributed by atoms with Gasteiger partial charge in [0.05, 0.1) is 0 Å². The Bertz CT molecular complexity index is 1510. The summed E-state index contributed by atoms with van der Waals surface area (Å²) in [6.07, 6.45) is 3.85. The number of allylic oxidation sites excluding steroid dienone is 1. The van der Waals surface area contributed by atoms with Crippen molar-refractivity contribution < 1.29 is 10.0 Å². The van der Waals surface area contributed by atoms with Crippen molar-refractivity contribution in [3.8, 4) is 11.1 Å². The Hall–Kier alpha value is -3.93. The van der Waals surface area contributed by atoms with Gasteiger partial charge in [-0.1, -0.05) is 105 Å². The summed E-state index contributed by atoms with van der Waals surface area (Å²) in [5.74, 6) is 0. The molecule has 5 heteroatoms. The van der Waals surface area contributed by atoms with E-state index in [-0.39, 0.29) is 5.41 Å². The number of aliphatic imine (C=N–C) groups is 1. The smallest absolute Gasteiger partial charge is 0.423 e. The molecule has 0 saturated carbocycles. The SMILES string of the molecule is CC1(C)c2ccccc2-c2ccc(C3(c4ccc(B(O)O)cc4)N=CC=C(c4ccccc4)N3)cc21. The summed E-state index contributed by atoms with van der Waals surface area (Å²) in [6.45, 7) is 4.55. The van der Waals surface area contributed by atoms with E-state index in [4.69, 9.17) is 4.99 Å². The number of benzene rings is 4. The Kier molecular flexibility index (Phi) is 5.22. The molecule has 0 aromatic heterocycles. The fraction of sp³-hybridized carbons (Fsp3) is 0.129. The molecule has 1 aliphatic carbocycles. The Labute approximate surface area is 211 Å². The zero-order valence-electron chi connectivity index (χ0n) is 20.3. The van der Waals surface area contributed by atoms with E-state index in [2.05, 4.69) is 73.8 Å².